The van der Waals surface area contributed by atoms with Gasteiger partial charge in [0.2, 0.25) is 0 Å². The third kappa shape index (κ3) is 4.14. The van der Waals surface area contributed by atoms with Crippen LogP contribution in [-0.4, -0.2) is 25.9 Å². The fourth-order valence-electron chi connectivity index (χ4n) is 1.82. The summed E-state index contributed by atoms with van der Waals surface area (Å²) in [4.78, 5) is 13.8. The van der Waals surface area contributed by atoms with Crippen molar-refractivity contribution < 1.29 is 0 Å². The average molecular weight is 323 g/mol. The van der Waals surface area contributed by atoms with E-state index in [9.17, 15) is 0 Å². The maximum absolute atomic E-state index is 4.69. The van der Waals surface area contributed by atoms with Crippen molar-refractivity contribution in [2.75, 3.05) is 11.9 Å². The number of rotatable bonds is 7. The first kappa shape index (κ1) is 16.2. The fraction of sp³-hybridized carbons (Fsp3) is 0.571. The summed E-state index contributed by atoms with van der Waals surface area (Å²) >= 11 is 3.02. The van der Waals surface area contributed by atoms with Gasteiger partial charge in [0.15, 0.2) is 4.34 Å². The summed E-state index contributed by atoms with van der Waals surface area (Å²) in [5.41, 5.74) is 1.08. The van der Waals surface area contributed by atoms with Crippen LogP contribution >= 0.6 is 23.3 Å². The highest BCUT2D eigenvalue weighted by Gasteiger charge is 2.14. The second-order valence-electron chi connectivity index (χ2n) is 4.63. The van der Waals surface area contributed by atoms with Crippen molar-refractivity contribution in [3.8, 4) is 0 Å². The first-order valence-corrected chi connectivity index (χ1v) is 8.88. The molecule has 5 nitrogen and oxygen atoms in total. The molecule has 2 rings (SSSR count). The van der Waals surface area contributed by atoms with E-state index in [4.69, 9.17) is 0 Å². The lowest BCUT2D eigenvalue weighted by Gasteiger charge is -2.11. The largest absolute Gasteiger partial charge is 0.370 e. The summed E-state index contributed by atoms with van der Waals surface area (Å²) in [7, 11) is 0. The van der Waals surface area contributed by atoms with Crippen LogP contribution in [0.25, 0.3) is 0 Å². The first-order chi connectivity index (χ1) is 10.2. The van der Waals surface area contributed by atoms with Crippen LogP contribution in [0.5, 0.6) is 0 Å². The number of anilines is 1. The minimum atomic E-state index is 0.853. The van der Waals surface area contributed by atoms with Gasteiger partial charge in [-0.2, -0.15) is 4.37 Å². The van der Waals surface area contributed by atoms with E-state index in [1.54, 1.807) is 11.8 Å². The molecule has 0 aliphatic carbocycles. The molecule has 0 amide bonds. The summed E-state index contributed by atoms with van der Waals surface area (Å²) in [5.74, 6) is 2.72. The zero-order valence-electron chi connectivity index (χ0n) is 12.9. The normalized spacial score (nSPS) is 10.9. The third-order valence-corrected chi connectivity index (χ3v) is 4.79. The van der Waals surface area contributed by atoms with E-state index in [-0.39, 0.29) is 0 Å². The quantitative estimate of drug-likeness (QED) is 0.783. The molecular weight excluding hydrogens is 302 g/mol. The van der Waals surface area contributed by atoms with Gasteiger partial charge in [0, 0.05) is 24.9 Å². The smallest absolute Gasteiger partial charge is 0.176 e. The van der Waals surface area contributed by atoms with Gasteiger partial charge in [-0.15, -0.1) is 0 Å². The molecule has 0 aliphatic rings. The molecule has 1 N–H and O–H groups in total. The van der Waals surface area contributed by atoms with E-state index >= 15 is 0 Å². The molecule has 0 saturated carbocycles. The summed E-state index contributed by atoms with van der Waals surface area (Å²) in [6, 6.07) is 0. The Labute approximate surface area is 134 Å². The number of aromatic nitrogens is 4. The average Bonchev–Trinajstić information content (AvgIpc) is 2.92. The number of nitrogens with one attached hydrogen (secondary N) is 1. The van der Waals surface area contributed by atoms with Crippen LogP contribution in [0.1, 0.15) is 44.4 Å². The molecule has 0 spiro atoms. The van der Waals surface area contributed by atoms with Crippen molar-refractivity contribution in [3.63, 3.8) is 0 Å². The first-order valence-electron chi connectivity index (χ1n) is 7.29. The molecule has 0 unspecified atom stereocenters. The molecule has 2 heterocycles. The van der Waals surface area contributed by atoms with Crippen molar-refractivity contribution in [2.24, 2.45) is 0 Å². The van der Waals surface area contributed by atoms with Crippen molar-refractivity contribution in [1.29, 1.82) is 0 Å². The fourth-order valence-corrected chi connectivity index (χ4v) is 3.53. The maximum atomic E-state index is 4.69. The predicted octanol–water partition coefficient (Wildman–Crippen LogP) is 3.73. The molecule has 0 aromatic carbocycles. The van der Waals surface area contributed by atoms with E-state index in [2.05, 4.69) is 52.3 Å². The van der Waals surface area contributed by atoms with Gasteiger partial charge in [-0.1, -0.05) is 13.8 Å². The molecule has 0 fully saturated rings. The van der Waals surface area contributed by atoms with Crippen LogP contribution in [0.3, 0.4) is 0 Å². The van der Waals surface area contributed by atoms with Crippen LogP contribution in [0.2, 0.25) is 0 Å². The standard InChI is InChI=1S/C14H21N5S2/c1-5-8-11-16-12(15-7-3)9(4)13(17-11)20-14-18-10(6-2)19-21-14/h5-8H2,1-4H3,(H,15,16,17). The Balaban J connectivity index is 2.31. The molecule has 0 atom stereocenters. The van der Waals surface area contributed by atoms with E-state index < -0.39 is 0 Å². The Morgan fingerprint density at radius 1 is 1.10 bits per heavy atom. The molecule has 2 aromatic heterocycles. The molecule has 0 aliphatic heterocycles. The van der Waals surface area contributed by atoms with Crippen molar-refractivity contribution in [1.82, 2.24) is 19.3 Å². The van der Waals surface area contributed by atoms with Gasteiger partial charge in [-0.25, -0.2) is 15.0 Å². The molecule has 114 valence electrons. The summed E-state index contributed by atoms with van der Waals surface area (Å²) in [6.45, 7) is 9.19. The second kappa shape index (κ2) is 7.70. The summed E-state index contributed by atoms with van der Waals surface area (Å²) in [5, 5.41) is 4.30. The zero-order valence-corrected chi connectivity index (χ0v) is 14.6. The number of nitrogens with zero attached hydrogens (tertiary/aromatic N) is 4. The SMILES string of the molecule is CCCc1nc(NCC)c(C)c(Sc2nc(CC)ns2)n1. The number of aryl methyl sites for hydroxylation is 2. The van der Waals surface area contributed by atoms with E-state index in [0.717, 1.165) is 58.2 Å². The third-order valence-electron chi connectivity index (χ3n) is 2.91. The summed E-state index contributed by atoms with van der Waals surface area (Å²) < 4.78 is 5.27. The maximum Gasteiger partial charge on any atom is 0.176 e. The molecule has 0 radical (unpaired) electrons. The minimum Gasteiger partial charge on any atom is -0.370 e. The highest BCUT2D eigenvalue weighted by molar-refractivity contribution is 8.00. The summed E-state index contributed by atoms with van der Waals surface area (Å²) in [6.07, 6.45) is 2.80. The van der Waals surface area contributed by atoms with Crippen LogP contribution < -0.4 is 5.32 Å². The minimum absolute atomic E-state index is 0.853. The zero-order chi connectivity index (χ0) is 15.2. The Bertz CT molecular complexity index is 597. The van der Waals surface area contributed by atoms with Gasteiger partial charge in [-0.05, 0) is 43.6 Å². The highest BCUT2D eigenvalue weighted by Crippen LogP contribution is 2.32. The van der Waals surface area contributed by atoms with Crippen molar-refractivity contribution in [2.45, 2.75) is 56.3 Å². The molecule has 2 aromatic rings. The Morgan fingerprint density at radius 3 is 2.52 bits per heavy atom. The lowest BCUT2D eigenvalue weighted by molar-refractivity contribution is 0.802. The van der Waals surface area contributed by atoms with Gasteiger partial charge >= 0.3 is 0 Å². The van der Waals surface area contributed by atoms with Crippen LogP contribution in [0.4, 0.5) is 5.82 Å². The van der Waals surface area contributed by atoms with Crippen LogP contribution in [0.15, 0.2) is 9.37 Å². The molecular formula is C14H21N5S2. The number of hydrogen-bond donors (Lipinski definition) is 1. The molecule has 0 saturated heterocycles. The lowest BCUT2D eigenvalue weighted by atomic mass is 10.3. The van der Waals surface area contributed by atoms with Gasteiger partial charge < -0.3 is 5.32 Å². The molecule has 7 heteroatoms. The van der Waals surface area contributed by atoms with Crippen LogP contribution in [0, 0.1) is 6.92 Å². The Morgan fingerprint density at radius 2 is 1.90 bits per heavy atom. The second-order valence-corrected chi connectivity index (χ2v) is 6.62. The monoisotopic (exact) mass is 323 g/mol. The molecule has 0 bridgehead atoms. The van der Waals surface area contributed by atoms with Crippen molar-refractivity contribution in [3.05, 3.63) is 17.2 Å². The number of hydrogen-bond acceptors (Lipinski definition) is 7. The Hall–Kier alpha value is -1.21. The Kier molecular flexibility index (Phi) is 5.93. The van der Waals surface area contributed by atoms with Gasteiger partial charge in [0.1, 0.15) is 22.5 Å². The van der Waals surface area contributed by atoms with E-state index in [1.807, 2.05) is 0 Å². The van der Waals surface area contributed by atoms with E-state index in [0.29, 0.717) is 0 Å². The van der Waals surface area contributed by atoms with Gasteiger partial charge in [0.05, 0.1) is 0 Å². The van der Waals surface area contributed by atoms with Gasteiger partial charge in [0.25, 0.3) is 0 Å². The van der Waals surface area contributed by atoms with E-state index in [1.165, 1.54) is 11.5 Å². The van der Waals surface area contributed by atoms with Crippen LogP contribution in [-0.2, 0) is 12.8 Å². The molecule has 21 heavy (non-hydrogen) atoms. The van der Waals surface area contributed by atoms with Crippen molar-refractivity contribution >= 4 is 29.1 Å². The predicted molar refractivity (Wildman–Crippen MR) is 88.3 cm³/mol. The lowest BCUT2D eigenvalue weighted by Crippen LogP contribution is -2.07. The topological polar surface area (TPSA) is 63.6 Å². The van der Waals surface area contributed by atoms with Gasteiger partial charge in [-0.3, -0.25) is 0 Å². The highest BCUT2D eigenvalue weighted by atomic mass is 32.2.